The van der Waals surface area contributed by atoms with Gasteiger partial charge in [0.15, 0.2) is 0 Å². The Bertz CT molecular complexity index is 844. The molecule has 6 nitrogen and oxygen atoms in total. The van der Waals surface area contributed by atoms with Crippen LogP contribution in [-0.2, 0) is 35.8 Å². The molecule has 1 unspecified atom stereocenters. The molecular weight excluding hydrogens is 406 g/mol. The van der Waals surface area contributed by atoms with Crippen LogP contribution in [0.3, 0.4) is 0 Å². The minimum atomic E-state index is -0.136. The molecule has 0 aliphatic carbocycles. The molecule has 0 saturated carbocycles. The molecule has 1 atom stereocenters. The van der Waals surface area contributed by atoms with Crippen molar-refractivity contribution >= 4 is 10.8 Å². The smallest absolute Gasteiger partial charge is 0.0703 e. The highest BCUT2D eigenvalue weighted by Gasteiger charge is 2.44. The predicted octanol–water partition coefficient (Wildman–Crippen LogP) is 3.75. The summed E-state index contributed by atoms with van der Waals surface area (Å²) in [6, 6.07) is 13.4. The lowest BCUT2D eigenvalue weighted by Crippen LogP contribution is -2.46. The molecule has 2 aliphatic heterocycles. The van der Waals surface area contributed by atoms with Crippen LogP contribution in [-0.4, -0.2) is 77.5 Å². The summed E-state index contributed by atoms with van der Waals surface area (Å²) in [5.74, 6) is 0. The molecule has 2 aliphatic rings. The van der Waals surface area contributed by atoms with Crippen molar-refractivity contribution in [2.24, 2.45) is 0 Å². The molecule has 0 N–H and O–H groups in total. The lowest BCUT2D eigenvalue weighted by Gasteiger charge is -2.39. The molecule has 6 heteroatoms. The lowest BCUT2D eigenvalue weighted by atomic mass is 9.84. The zero-order valence-corrected chi connectivity index (χ0v) is 19.4. The third-order valence-corrected chi connectivity index (χ3v) is 6.44. The van der Waals surface area contributed by atoms with Gasteiger partial charge in [-0.2, -0.15) is 0 Å². The minimum Gasteiger partial charge on any atom is -0.378 e. The van der Waals surface area contributed by atoms with Gasteiger partial charge < -0.3 is 23.7 Å². The van der Waals surface area contributed by atoms with E-state index in [-0.39, 0.29) is 5.54 Å². The maximum atomic E-state index is 6.25. The average molecular weight is 444 g/mol. The molecule has 1 saturated heterocycles. The van der Waals surface area contributed by atoms with E-state index in [2.05, 4.69) is 48.2 Å². The van der Waals surface area contributed by atoms with Crippen molar-refractivity contribution in [3.05, 3.63) is 47.5 Å². The fourth-order valence-corrected chi connectivity index (χ4v) is 4.91. The van der Waals surface area contributed by atoms with Crippen molar-refractivity contribution < 1.29 is 23.7 Å². The zero-order valence-electron chi connectivity index (χ0n) is 19.4. The van der Waals surface area contributed by atoms with Gasteiger partial charge in [0, 0.05) is 13.1 Å². The topological polar surface area (TPSA) is 49.4 Å². The first-order chi connectivity index (χ1) is 15.8. The minimum absolute atomic E-state index is 0.136. The maximum Gasteiger partial charge on any atom is 0.0703 e. The molecule has 2 aromatic carbocycles. The normalized spacial score (nSPS) is 25.0. The third-order valence-electron chi connectivity index (χ3n) is 6.44. The fourth-order valence-electron chi connectivity index (χ4n) is 4.91. The molecule has 0 radical (unpaired) electrons. The van der Waals surface area contributed by atoms with Crippen molar-refractivity contribution in [3.8, 4) is 0 Å². The molecule has 0 spiro atoms. The van der Waals surface area contributed by atoms with E-state index < -0.39 is 0 Å². The van der Waals surface area contributed by atoms with E-state index in [1.165, 1.54) is 21.9 Å². The Hall–Kier alpha value is -1.54. The number of nitrogens with zero attached hydrogens (tertiary/aromatic N) is 1. The van der Waals surface area contributed by atoms with E-state index in [0.29, 0.717) is 66.1 Å². The molecule has 4 rings (SSSR count). The number of benzene rings is 2. The van der Waals surface area contributed by atoms with Crippen molar-refractivity contribution in [1.29, 1.82) is 0 Å². The van der Waals surface area contributed by atoms with E-state index in [1.54, 1.807) is 0 Å². The highest BCUT2D eigenvalue weighted by Crippen LogP contribution is 2.44. The second kappa shape index (κ2) is 12.1. The first-order valence-corrected chi connectivity index (χ1v) is 12.0. The number of hydrogen-bond donors (Lipinski definition) is 0. The number of rotatable bonds is 2. The van der Waals surface area contributed by atoms with Gasteiger partial charge in [-0.25, -0.2) is 0 Å². The van der Waals surface area contributed by atoms with Crippen LogP contribution in [0.15, 0.2) is 36.4 Å². The van der Waals surface area contributed by atoms with Crippen LogP contribution >= 0.6 is 0 Å². The largest absolute Gasteiger partial charge is 0.378 e. The highest BCUT2D eigenvalue weighted by molar-refractivity contribution is 5.84. The summed E-state index contributed by atoms with van der Waals surface area (Å²) in [6.45, 7) is 10.1. The van der Waals surface area contributed by atoms with Crippen LogP contribution in [0, 0.1) is 0 Å². The molecule has 0 aromatic heterocycles. The van der Waals surface area contributed by atoms with Gasteiger partial charge in [0.25, 0.3) is 0 Å². The molecule has 2 heterocycles. The van der Waals surface area contributed by atoms with E-state index in [9.17, 15) is 0 Å². The Labute approximate surface area is 191 Å². The average Bonchev–Trinajstić information content (AvgIpc) is 3.09. The maximum absolute atomic E-state index is 6.25. The van der Waals surface area contributed by atoms with Crippen LogP contribution < -0.4 is 0 Å². The van der Waals surface area contributed by atoms with E-state index in [1.807, 2.05) is 0 Å². The highest BCUT2D eigenvalue weighted by atomic mass is 16.6. The Morgan fingerprint density at radius 3 is 1.94 bits per heavy atom. The molecular formula is C26H37NO5. The Morgan fingerprint density at radius 2 is 1.31 bits per heavy atom. The van der Waals surface area contributed by atoms with Gasteiger partial charge in [-0.05, 0) is 40.5 Å². The molecule has 176 valence electrons. The van der Waals surface area contributed by atoms with Crippen molar-refractivity contribution in [2.45, 2.75) is 31.8 Å². The fraction of sp³-hybridized carbons (Fsp3) is 0.615. The van der Waals surface area contributed by atoms with Crippen LogP contribution in [0.4, 0.5) is 0 Å². The standard InChI is InChI=1S/C26H37NO5/c1-2-7-26-21-32-17-16-31-15-14-30-13-12-29-11-10-28-9-8-27(26)20-24-18-22-5-3-4-6-23(22)19-25(24)26/h3-6,18-19H,2,7-17,20-21H2,1H3. The molecule has 0 amide bonds. The van der Waals surface area contributed by atoms with Gasteiger partial charge in [0.05, 0.1) is 71.6 Å². The van der Waals surface area contributed by atoms with Crippen LogP contribution in [0.2, 0.25) is 0 Å². The number of fused-ring (bicyclic) bond motifs is 4. The summed E-state index contributed by atoms with van der Waals surface area (Å²) < 4.78 is 29.0. The Morgan fingerprint density at radius 1 is 0.750 bits per heavy atom. The summed E-state index contributed by atoms with van der Waals surface area (Å²) in [4.78, 5) is 2.57. The Balaban J connectivity index is 1.55. The van der Waals surface area contributed by atoms with Crippen molar-refractivity contribution in [3.63, 3.8) is 0 Å². The number of hydrogen-bond acceptors (Lipinski definition) is 6. The lowest BCUT2D eigenvalue weighted by molar-refractivity contribution is -0.0520. The molecule has 1 fully saturated rings. The van der Waals surface area contributed by atoms with Gasteiger partial charge in [-0.15, -0.1) is 0 Å². The molecule has 32 heavy (non-hydrogen) atoms. The SMILES string of the molecule is CCCC12COCCOCCOCCOCCOCCN1Cc1cc3ccccc3cc12. The molecule has 0 bridgehead atoms. The summed E-state index contributed by atoms with van der Waals surface area (Å²) in [6.07, 6.45) is 2.14. The third kappa shape index (κ3) is 5.68. The van der Waals surface area contributed by atoms with E-state index in [0.717, 1.165) is 25.9 Å². The Kier molecular flexibility index (Phi) is 8.91. The van der Waals surface area contributed by atoms with E-state index in [4.69, 9.17) is 23.7 Å². The van der Waals surface area contributed by atoms with Gasteiger partial charge in [0.1, 0.15) is 0 Å². The summed E-state index contributed by atoms with van der Waals surface area (Å²) >= 11 is 0. The van der Waals surface area contributed by atoms with E-state index >= 15 is 0 Å². The second-order valence-corrected chi connectivity index (χ2v) is 8.56. The number of ether oxygens (including phenoxy) is 5. The second-order valence-electron chi connectivity index (χ2n) is 8.56. The summed E-state index contributed by atoms with van der Waals surface area (Å²) in [5.41, 5.74) is 2.68. The van der Waals surface area contributed by atoms with Gasteiger partial charge >= 0.3 is 0 Å². The van der Waals surface area contributed by atoms with Gasteiger partial charge in [-0.3, -0.25) is 4.90 Å². The summed E-state index contributed by atoms with van der Waals surface area (Å²) in [5, 5.41) is 2.59. The van der Waals surface area contributed by atoms with Crippen LogP contribution in [0.25, 0.3) is 10.8 Å². The predicted molar refractivity (Wildman–Crippen MR) is 125 cm³/mol. The van der Waals surface area contributed by atoms with Gasteiger partial charge in [-0.1, -0.05) is 37.6 Å². The first-order valence-electron chi connectivity index (χ1n) is 12.0. The van der Waals surface area contributed by atoms with Crippen LogP contribution in [0.5, 0.6) is 0 Å². The summed E-state index contributed by atoms with van der Waals surface area (Å²) in [7, 11) is 0. The van der Waals surface area contributed by atoms with Crippen molar-refractivity contribution in [1.82, 2.24) is 4.90 Å². The zero-order chi connectivity index (χ0) is 22.1. The first kappa shape index (κ1) is 23.6. The van der Waals surface area contributed by atoms with Crippen LogP contribution in [0.1, 0.15) is 30.9 Å². The molecule has 2 aromatic rings. The van der Waals surface area contributed by atoms with Gasteiger partial charge in [0.2, 0.25) is 0 Å². The van der Waals surface area contributed by atoms with Crippen molar-refractivity contribution in [2.75, 3.05) is 72.6 Å². The monoisotopic (exact) mass is 443 g/mol. The quantitative estimate of drug-likeness (QED) is 0.705.